The van der Waals surface area contributed by atoms with Crippen molar-refractivity contribution >= 4 is 44.2 Å². The van der Waals surface area contributed by atoms with Crippen LogP contribution in [0.25, 0.3) is 10.8 Å². The molecule has 0 saturated heterocycles. The number of fused-ring (bicyclic) bond motifs is 2. The quantitative estimate of drug-likeness (QED) is 0.508. The third kappa shape index (κ3) is 4.60. The SMILES string of the molecule is CNCC(=O)N[C@@H]1C(=O)N(Cc2c(OC)ccc3cc(Br)ccc23)c2ccccc2OC1(C)C. The fraction of sp³-hybridized carbons (Fsp3) is 0.308. The van der Waals surface area contributed by atoms with Crippen LogP contribution in [0.3, 0.4) is 0 Å². The smallest absolute Gasteiger partial charge is 0.254 e. The lowest BCUT2D eigenvalue weighted by atomic mass is 9.96. The number of nitrogens with one attached hydrogen (secondary N) is 2. The summed E-state index contributed by atoms with van der Waals surface area (Å²) in [4.78, 5) is 28.2. The molecule has 0 spiro atoms. The minimum atomic E-state index is -0.973. The van der Waals surface area contributed by atoms with Crippen molar-refractivity contribution in [3.63, 3.8) is 0 Å². The number of ether oxygens (including phenoxy) is 2. The molecule has 0 aliphatic carbocycles. The highest BCUT2D eigenvalue weighted by atomic mass is 79.9. The van der Waals surface area contributed by atoms with Crippen LogP contribution in [0.4, 0.5) is 5.69 Å². The van der Waals surface area contributed by atoms with E-state index in [1.165, 1.54) is 0 Å². The van der Waals surface area contributed by atoms with Gasteiger partial charge in [0.15, 0.2) is 0 Å². The van der Waals surface area contributed by atoms with Crippen molar-refractivity contribution in [2.45, 2.75) is 32.0 Å². The average Bonchev–Trinajstić information content (AvgIpc) is 2.87. The molecule has 34 heavy (non-hydrogen) atoms. The maximum Gasteiger partial charge on any atom is 0.254 e. The molecule has 0 saturated carbocycles. The molecule has 1 heterocycles. The van der Waals surface area contributed by atoms with Crippen molar-refractivity contribution in [1.29, 1.82) is 0 Å². The highest BCUT2D eigenvalue weighted by Crippen LogP contribution is 2.39. The monoisotopic (exact) mass is 525 g/mol. The van der Waals surface area contributed by atoms with Crippen LogP contribution >= 0.6 is 15.9 Å². The number of carbonyl (C=O) groups excluding carboxylic acids is 2. The highest BCUT2D eigenvalue weighted by molar-refractivity contribution is 9.10. The molecule has 3 aromatic rings. The minimum Gasteiger partial charge on any atom is -0.496 e. The minimum absolute atomic E-state index is 0.0961. The number of para-hydroxylation sites is 2. The van der Waals surface area contributed by atoms with Gasteiger partial charge in [0.1, 0.15) is 23.1 Å². The summed E-state index contributed by atoms with van der Waals surface area (Å²) in [5, 5.41) is 7.70. The van der Waals surface area contributed by atoms with Crippen molar-refractivity contribution in [3.05, 3.63) is 64.6 Å². The second-order valence-corrected chi connectivity index (χ2v) is 9.66. The maximum atomic E-state index is 14.0. The van der Waals surface area contributed by atoms with Crippen molar-refractivity contribution in [3.8, 4) is 11.5 Å². The van der Waals surface area contributed by atoms with Gasteiger partial charge < -0.3 is 25.0 Å². The van der Waals surface area contributed by atoms with E-state index in [0.717, 1.165) is 20.8 Å². The van der Waals surface area contributed by atoms with Crippen LogP contribution in [0.2, 0.25) is 0 Å². The molecule has 1 atom stereocenters. The first kappa shape index (κ1) is 24.0. The Kier molecular flexibility index (Phi) is 6.81. The van der Waals surface area contributed by atoms with E-state index in [1.807, 2.05) is 68.4 Å². The number of methoxy groups -OCH3 is 1. The highest BCUT2D eigenvalue weighted by Gasteiger charge is 2.44. The summed E-state index contributed by atoms with van der Waals surface area (Å²) in [5.41, 5.74) is 0.539. The van der Waals surface area contributed by atoms with Crippen LogP contribution in [0.5, 0.6) is 11.5 Å². The van der Waals surface area contributed by atoms with Gasteiger partial charge in [-0.25, -0.2) is 0 Å². The summed E-state index contributed by atoms with van der Waals surface area (Å²) in [7, 11) is 3.30. The Morgan fingerprint density at radius 3 is 2.68 bits per heavy atom. The first-order valence-corrected chi connectivity index (χ1v) is 11.8. The summed E-state index contributed by atoms with van der Waals surface area (Å²) in [5.74, 6) is 0.722. The molecular weight excluding hydrogens is 498 g/mol. The second-order valence-electron chi connectivity index (χ2n) is 8.74. The van der Waals surface area contributed by atoms with Crippen LogP contribution in [0.15, 0.2) is 59.1 Å². The molecule has 0 fully saturated rings. The molecular formula is C26H28BrN3O4. The van der Waals surface area contributed by atoms with E-state index in [1.54, 1.807) is 19.1 Å². The van der Waals surface area contributed by atoms with E-state index in [-0.39, 0.29) is 24.9 Å². The van der Waals surface area contributed by atoms with Gasteiger partial charge >= 0.3 is 0 Å². The van der Waals surface area contributed by atoms with Crippen molar-refractivity contribution < 1.29 is 19.1 Å². The predicted molar refractivity (Wildman–Crippen MR) is 136 cm³/mol. The standard InChI is InChI=1S/C26H28BrN3O4/c1-26(2)24(29-23(31)14-28-3)25(32)30(20-7-5-6-8-22(20)34-26)15-19-18-11-10-17(27)13-16(18)9-12-21(19)33-4/h5-13,24,28H,14-15H2,1-4H3,(H,29,31)/t24-/m1/s1. The van der Waals surface area contributed by atoms with Crippen LogP contribution in [0.1, 0.15) is 19.4 Å². The Bertz CT molecular complexity index is 1240. The normalized spacial score (nSPS) is 17.0. The molecule has 0 unspecified atom stereocenters. The molecule has 0 aromatic heterocycles. The number of nitrogens with zero attached hydrogens (tertiary/aromatic N) is 1. The van der Waals surface area contributed by atoms with E-state index in [9.17, 15) is 9.59 Å². The van der Waals surface area contributed by atoms with Gasteiger partial charge in [0.25, 0.3) is 5.91 Å². The number of likely N-dealkylation sites (N-methyl/N-ethyl adjacent to an activating group) is 1. The largest absolute Gasteiger partial charge is 0.496 e. The number of anilines is 1. The van der Waals surface area contributed by atoms with Gasteiger partial charge in [-0.15, -0.1) is 0 Å². The van der Waals surface area contributed by atoms with Gasteiger partial charge in [-0.3, -0.25) is 9.59 Å². The van der Waals surface area contributed by atoms with Gasteiger partial charge in [0.05, 0.1) is 25.9 Å². The Morgan fingerprint density at radius 2 is 1.94 bits per heavy atom. The third-order valence-corrected chi connectivity index (χ3v) is 6.46. The van der Waals surface area contributed by atoms with Gasteiger partial charge in [0, 0.05) is 10.0 Å². The van der Waals surface area contributed by atoms with Gasteiger partial charge in [-0.2, -0.15) is 0 Å². The Labute approximate surface area is 207 Å². The fourth-order valence-electron chi connectivity index (χ4n) is 4.31. The molecule has 7 nitrogen and oxygen atoms in total. The number of hydrogen-bond donors (Lipinski definition) is 2. The van der Waals surface area contributed by atoms with Crippen molar-refractivity contribution in [2.75, 3.05) is 25.6 Å². The Hall–Kier alpha value is -3.10. The molecule has 4 rings (SSSR count). The number of rotatable bonds is 6. The zero-order valence-corrected chi connectivity index (χ0v) is 21.2. The molecule has 1 aliphatic heterocycles. The van der Waals surface area contributed by atoms with Gasteiger partial charge in [-0.1, -0.05) is 40.2 Å². The lowest BCUT2D eigenvalue weighted by molar-refractivity contribution is -0.131. The number of carbonyl (C=O) groups is 2. The molecule has 8 heteroatoms. The number of benzene rings is 3. The van der Waals surface area contributed by atoms with Crippen LogP contribution < -0.4 is 25.0 Å². The van der Waals surface area contributed by atoms with Crippen LogP contribution in [-0.2, 0) is 16.1 Å². The van der Waals surface area contributed by atoms with Gasteiger partial charge in [0.2, 0.25) is 5.91 Å². The molecule has 2 N–H and O–H groups in total. The van der Waals surface area contributed by atoms with Crippen molar-refractivity contribution in [2.24, 2.45) is 0 Å². The molecule has 3 aromatic carbocycles. The Balaban J connectivity index is 1.84. The summed E-state index contributed by atoms with van der Waals surface area (Å²) >= 11 is 3.53. The first-order valence-electron chi connectivity index (χ1n) is 11.0. The molecule has 0 bridgehead atoms. The van der Waals surface area contributed by atoms with E-state index in [2.05, 4.69) is 26.6 Å². The molecule has 0 radical (unpaired) electrons. The third-order valence-electron chi connectivity index (χ3n) is 5.97. The van der Waals surface area contributed by atoms with Gasteiger partial charge in [-0.05, 0) is 62.0 Å². The summed E-state index contributed by atoms with van der Waals surface area (Å²) in [6.45, 7) is 3.96. The predicted octanol–water partition coefficient (Wildman–Crippen LogP) is 4.02. The zero-order chi connectivity index (χ0) is 24.5. The number of hydrogen-bond acceptors (Lipinski definition) is 5. The van der Waals surface area contributed by atoms with E-state index in [4.69, 9.17) is 9.47 Å². The first-order chi connectivity index (χ1) is 16.2. The zero-order valence-electron chi connectivity index (χ0n) is 19.6. The topological polar surface area (TPSA) is 79.9 Å². The van der Waals surface area contributed by atoms with E-state index in [0.29, 0.717) is 17.2 Å². The lowest BCUT2D eigenvalue weighted by Gasteiger charge is -2.33. The summed E-state index contributed by atoms with van der Waals surface area (Å²) in [6, 6.07) is 16.5. The van der Waals surface area contributed by atoms with E-state index < -0.39 is 11.6 Å². The molecule has 2 amide bonds. The average molecular weight is 526 g/mol. The molecule has 178 valence electrons. The Morgan fingerprint density at radius 1 is 1.18 bits per heavy atom. The maximum absolute atomic E-state index is 14.0. The number of amides is 2. The second kappa shape index (κ2) is 9.64. The summed E-state index contributed by atoms with van der Waals surface area (Å²) < 4.78 is 13.0. The number of halogens is 1. The van der Waals surface area contributed by atoms with Crippen molar-refractivity contribution in [1.82, 2.24) is 10.6 Å². The fourth-order valence-corrected chi connectivity index (χ4v) is 4.69. The molecule has 1 aliphatic rings. The van der Waals surface area contributed by atoms with Crippen LogP contribution in [-0.4, -0.2) is 44.2 Å². The lowest BCUT2D eigenvalue weighted by Crippen LogP contribution is -2.60. The summed E-state index contributed by atoms with van der Waals surface area (Å²) in [6.07, 6.45) is 0. The van der Waals surface area contributed by atoms with E-state index >= 15 is 0 Å². The van der Waals surface area contributed by atoms with Crippen LogP contribution in [0, 0.1) is 0 Å².